The molecule has 0 aromatic heterocycles. The summed E-state index contributed by atoms with van der Waals surface area (Å²) in [6.45, 7) is 1.59. The number of carbonyl (C=O) groups excluding carboxylic acids is 1. The van der Waals surface area contributed by atoms with Crippen molar-refractivity contribution in [2.45, 2.75) is 6.92 Å². The third kappa shape index (κ3) is 5.60. The SMILES string of the molecule is CC(=O)c1ccc(/C(=C\P(=S)(c2ccccc2)c2ccccc2)P(=S)(c2ccccc2)c2ccccc2)cc1. The molecule has 192 valence electrons. The number of benzene rings is 5. The standard InChI is InChI=1S/C34H28OP2S2/c1-27(35)28-22-24-29(25-23-28)34(37(39,32-18-10-4-11-19-32)33-20-12-5-13-21-33)26-36(38,30-14-6-2-7-15-30)31-16-8-3-9-17-31/h2-26H,1H3/b34-26+. The van der Waals surface area contributed by atoms with Crippen molar-refractivity contribution >= 4 is 68.0 Å². The quantitative estimate of drug-likeness (QED) is 0.141. The van der Waals surface area contributed by atoms with Gasteiger partial charge >= 0.3 is 0 Å². The molecule has 39 heavy (non-hydrogen) atoms. The Morgan fingerprint density at radius 3 is 1.21 bits per heavy atom. The van der Waals surface area contributed by atoms with Gasteiger partial charge in [0.05, 0.1) is 0 Å². The van der Waals surface area contributed by atoms with E-state index in [0.717, 1.165) is 32.1 Å². The summed E-state index contributed by atoms with van der Waals surface area (Å²) in [7, 11) is 0. The summed E-state index contributed by atoms with van der Waals surface area (Å²) in [4.78, 5) is 12.1. The topological polar surface area (TPSA) is 17.1 Å². The molecule has 0 atom stereocenters. The first-order chi connectivity index (χ1) is 18.9. The maximum Gasteiger partial charge on any atom is 0.159 e. The molecule has 0 bridgehead atoms. The molecule has 0 aliphatic heterocycles. The van der Waals surface area contributed by atoms with Crippen LogP contribution in [-0.2, 0) is 23.6 Å². The second-order valence-corrected chi connectivity index (χ2v) is 18.0. The largest absolute Gasteiger partial charge is 0.295 e. The van der Waals surface area contributed by atoms with Gasteiger partial charge in [0.2, 0.25) is 0 Å². The van der Waals surface area contributed by atoms with Gasteiger partial charge in [-0.25, -0.2) is 0 Å². The third-order valence-corrected chi connectivity index (χ3v) is 16.3. The van der Waals surface area contributed by atoms with Crippen LogP contribution >= 0.6 is 12.1 Å². The zero-order chi connectivity index (χ0) is 27.3. The van der Waals surface area contributed by atoms with Gasteiger partial charge in [0, 0.05) is 23.0 Å². The van der Waals surface area contributed by atoms with Crippen molar-refractivity contribution in [1.29, 1.82) is 0 Å². The molecule has 0 aliphatic rings. The fourth-order valence-corrected chi connectivity index (χ4v) is 13.5. The van der Waals surface area contributed by atoms with Crippen molar-refractivity contribution in [3.8, 4) is 0 Å². The number of Topliss-reactive ketones (excluding diaryl/α,β-unsaturated/α-hetero) is 1. The van der Waals surface area contributed by atoms with Crippen molar-refractivity contribution in [2.75, 3.05) is 0 Å². The molecule has 0 saturated heterocycles. The van der Waals surface area contributed by atoms with Crippen LogP contribution in [0.2, 0.25) is 0 Å². The minimum Gasteiger partial charge on any atom is -0.295 e. The third-order valence-electron chi connectivity index (χ3n) is 6.75. The zero-order valence-corrected chi connectivity index (χ0v) is 25.0. The number of rotatable bonds is 8. The van der Waals surface area contributed by atoms with Crippen molar-refractivity contribution in [2.24, 2.45) is 0 Å². The molecule has 5 heteroatoms. The first kappa shape index (κ1) is 27.4. The van der Waals surface area contributed by atoms with E-state index in [1.54, 1.807) is 6.92 Å². The number of carbonyl (C=O) groups is 1. The molecule has 0 N–H and O–H groups in total. The summed E-state index contributed by atoms with van der Waals surface area (Å²) in [5, 5.41) is 5.51. The van der Waals surface area contributed by atoms with Crippen molar-refractivity contribution in [3.05, 3.63) is 163 Å². The van der Waals surface area contributed by atoms with E-state index in [4.69, 9.17) is 23.6 Å². The summed E-state index contributed by atoms with van der Waals surface area (Å²) >= 11 is 13.5. The highest BCUT2D eigenvalue weighted by Gasteiger charge is 2.31. The molecule has 0 fully saturated rings. The summed E-state index contributed by atoms with van der Waals surface area (Å²) in [6.07, 6.45) is 0. The molecule has 0 radical (unpaired) electrons. The van der Waals surface area contributed by atoms with Crippen LogP contribution in [0, 0.1) is 0 Å². The maximum atomic E-state index is 12.1. The van der Waals surface area contributed by atoms with Gasteiger partial charge in [-0.2, -0.15) is 0 Å². The Labute approximate surface area is 241 Å². The Morgan fingerprint density at radius 1 is 0.513 bits per heavy atom. The lowest BCUT2D eigenvalue weighted by molar-refractivity contribution is 0.101. The van der Waals surface area contributed by atoms with E-state index < -0.39 is 12.1 Å². The van der Waals surface area contributed by atoms with Gasteiger partial charge < -0.3 is 0 Å². The molecule has 0 aliphatic carbocycles. The molecule has 5 rings (SSSR count). The molecule has 5 aromatic rings. The number of hydrogen-bond donors (Lipinski definition) is 0. The average molecular weight is 579 g/mol. The molecular weight excluding hydrogens is 550 g/mol. The highest BCUT2D eigenvalue weighted by atomic mass is 32.4. The van der Waals surface area contributed by atoms with Crippen molar-refractivity contribution in [3.63, 3.8) is 0 Å². The van der Waals surface area contributed by atoms with E-state index in [0.29, 0.717) is 5.56 Å². The van der Waals surface area contributed by atoms with E-state index in [2.05, 4.69) is 103 Å². The maximum absolute atomic E-state index is 12.1. The van der Waals surface area contributed by atoms with Crippen LogP contribution in [0.25, 0.3) is 5.31 Å². The van der Waals surface area contributed by atoms with Crippen LogP contribution in [-0.4, -0.2) is 5.78 Å². The summed E-state index contributed by atoms with van der Waals surface area (Å²) in [6, 6.07) is 44.5. The van der Waals surface area contributed by atoms with Crippen LogP contribution in [0.3, 0.4) is 0 Å². The molecule has 0 unspecified atom stereocenters. The van der Waals surface area contributed by atoms with Crippen LogP contribution < -0.4 is 21.2 Å². The zero-order valence-electron chi connectivity index (χ0n) is 21.6. The predicted molar refractivity (Wildman–Crippen MR) is 177 cm³/mol. The summed E-state index contributed by atoms with van der Waals surface area (Å²) in [5.41, 5.74) is 1.67. The summed E-state index contributed by atoms with van der Waals surface area (Å²) in [5.74, 6) is 2.35. The van der Waals surface area contributed by atoms with Crippen LogP contribution in [0.1, 0.15) is 22.8 Å². The van der Waals surface area contributed by atoms with E-state index in [1.807, 2.05) is 48.5 Å². The molecule has 0 amide bonds. The lowest BCUT2D eigenvalue weighted by atomic mass is 10.1. The highest BCUT2D eigenvalue weighted by Crippen LogP contribution is 2.61. The minimum atomic E-state index is -2.56. The Balaban J connectivity index is 1.89. The fraction of sp³-hybridized carbons (Fsp3) is 0.0294. The monoisotopic (exact) mass is 578 g/mol. The van der Waals surface area contributed by atoms with Crippen LogP contribution in [0.4, 0.5) is 0 Å². The van der Waals surface area contributed by atoms with Crippen LogP contribution in [0.5, 0.6) is 0 Å². The minimum absolute atomic E-state index is 0.0383. The Hall–Kier alpha value is -3.19. The normalized spacial score (nSPS) is 12.2. The lowest BCUT2D eigenvalue weighted by Crippen LogP contribution is -2.19. The second-order valence-electron chi connectivity index (χ2n) is 9.26. The van der Waals surface area contributed by atoms with Gasteiger partial charge in [0.25, 0.3) is 0 Å². The number of ketones is 1. The smallest absolute Gasteiger partial charge is 0.159 e. The number of hydrogen-bond acceptors (Lipinski definition) is 3. The molecule has 0 heterocycles. The van der Waals surface area contributed by atoms with Gasteiger partial charge in [0.1, 0.15) is 0 Å². The van der Waals surface area contributed by atoms with Crippen molar-refractivity contribution < 1.29 is 4.79 Å². The van der Waals surface area contributed by atoms with E-state index in [9.17, 15) is 4.79 Å². The second kappa shape index (κ2) is 11.9. The van der Waals surface area contributed by atoms with Gasteiger partial charge in [-0.15, -0.1) is 0 Å². The van der Waals surface area contributed by atoms with Crippen molar-refractivity contribution in [1.82, 2.24) is 0 Å². The highest BCUT2D eigenvalue weighted by molar-refractivity contribution is 8.28. The summed E-state index contributed by atoms with van der Waals surface area (Å²) < 4.78 is 0. The lowest BCUT2D eigenvalue weighted by Gasteiger charge is -2.30. The molecule has 0 spiro atoms. The molecule has 1 nitrogen and oxygen atoms in total. The Bertz CT molecular complexity index is 1610. The Morgan fingerprint density at radius 2 is 0.846 bits per heavy atom. The predicted octanol–water partition coefficient (Wildman–Crippen LogP) is 7.45. The van der Waals surface area contributed by atoms with E-state index in [1.165, 1.54) is 0 Å². The first-order valence-electron chi connectivity index (χ1n) is 12.7. The average Bonchev–Trinajstić information content (AvgIpc) is 3.01. The molecule has 0 saturated carbocycles. The fourth-order valence-electron chi connectivity index (χ4n) is 4.69. The van der Waals surface area contributed by atoms with Crippen LogP contribution in [0.15, 0.2) is 151 Å². The van der Waals surface area contributed by atoms with Gasteiger partial charge in [0.15, 0.2) is 5.78 Å². The first-order valence-corrected chi connectivity index (χ1v) is 18.4. The van der Waals surface area contributed by atoms with Gasteiger partial charge in [-0.1, -0.05) is 169 Å². The van der Waals surface area contributed by atoms with Gasteiger partial charge in [-0.05, 0) is 39.5 Å². The Kier molecular flexibility index (Phi) is 8.36. The van der Waals surface area contributed by atoms with Gasteiger partial charge in [-0.3, -0.25) is 4.79 Å². The molecule has 5 aromatic carbocycles. The van der Waals surface area contributed by atoms with E-state index >= 15 is 0 Å². The van der Waals surface area contributed by atoms with E-state index in [-0.39, 0.29) is 5.78 Å². The molecular formula is C34H28OP2S2.